The molecule has 27 heavy (non-hydrogen) atoms. The second-order valence-electron chi connectivity index (χ2n) is 5.70. The van der Waals surface area contributed by atoms with Gasteiger partial charge in [-0.2, -0.15) is 10.2 Å². The van der Waals surface area contributed by atoms with Crippen molar-refractivity contribution in [3.05, 3.63) is 63.7 Å². The summed E-state index contributed by atoms with van der Waals surface area (Å²) in [6.07, 6.45) is 2.50. The molecule has 0 saturated carbocycles. The predicted octanol–water partition coefficient (Wildman–Crippen LogP) is 3.44. The average molecular weight is 402 g/mol. The minimum Gasteiger partial charge on any atom is -0.318 e. The summed E-state index contributed by atoms with van der Waals surface area (Å²) in [5.41, 5.74) is 0.113. The highest BCUT2D eigenvalue weighted by molar-refractivity contribution is 6.34. The average Bonchev–Trinajstić information content (AvgIpc) is 3.13. The number of nitrogens with one attached hydrogen (secondary N) is 1. The van der Waals surface area contributed by atoms with Crippen LogP contribution >= 0.6 is 11.6 Å². The van der Waals surface area contributed by atoms with E-state index in [1.165, 1.54) is 17.1 Å². The zero-order chi connectivity index (χ0) is 19.9. The van der Waals surface area contributed by atoms with Crippen molar-refractivity contribution >= 4 is 23.2 Å². The van der Waals surface area contributed by atoms with Gasteiger partial charge in [0, 0.05) is 24.9 Å². The third-order valence-corrected chi connectivity index (χ3v) is 4.24. The number of hydrogen-bond donors (Lipinski definition) is 1. The number of halogens is 5. The lowest BCUT2D eigenvalue weighted by atomic mass is 10.2. The Morgan fingerprint density at radius 1 is 1.22 bits per heavy atom. The Morgan fingerprint density at radius 3 is 2.56 bits per heavy atom. The number of carbonyl (C=O) groups is 1. The van der Waals surface area contributed by atoms with Crippen LogP contribution in [0.3, 0.4) is 0 Å². The molecule has 0 spiro atoms. The maximum Gasteiger partial charge on any atom is 0.275 e. The number of rotatable bonds is 4. The van der Waals surface area contributed by atoms with Gasteiger partial charge in [-0.05, 0) is 6.92 Å². The fourth-order valence-electron chi connectivity index (χ4n) is 2.49. The molecule has 3 rings (SSSR count). The quantitative estimate of drug-likeness (QED) is 0.414. The Labute approximate surface area is 155 Å². The van der Waals surface area contributed by atoms with Crippen molar-refractivity contribution in [1.29, 1.82) is 0 Å². The number of nitrogens with zero attached hydrogens (tertiary/aromatic N) is 4. The molecule has 0 saturated heterocycles. The summed E-state index contributed by atoms with van der Waals surface area (Å²) >= 11 is 6.04. The van der Waals surface area contributed by atoms with E-state index in [9.17, 15) is 22.4 Å². The van der Waals surface area contributed by atoms with Crippen LogP contribution in [0, 0.1) is 30.2 Å². The summed E-state index contributed by atoms with van der Waals surface area (Å²) in [4.78, 5) is 12.3. The summed E-state index contributed by atoms with van der Waals surface area (Å²) in [5.74, 6) is -6.83. The molecule has 2 aromatic heterocycles. The minimum atomic E-state index is -1.77. The summed E-state index contributed by atoms with van der Waals surface area (Å²) in [7, 11) is 1.55. The van der Waals surface area contributed by atoms with E-state index in [0.29, 0.717) is 5.69 Å². The first-order chi connectivity index (χ1) is 12.7. The standard InChI is InChI=1S/C16H12ClF4N5O/c1-7-12(17)15(25(2)24-7)16(27)23-8-4-22-26(5-8)6-9-10(18)3-11(19)14(21)13(9)20/h3-5H,6H2,1-2H3,(H,23,27). The van der Waals surface area contributed by atoms with Crippen molar-refractivity contribution < 1.29 is 22.4 Å². The van der Waals surface area contributed by atoms with E-state index in [4.69, 9.17) is 11.6 Å². The molecule has 0 aliphatic carbocycles. The fraction of sp³-hybridized carbons (Fsp3) is 0.188. The second kappa shape index (κ2) is 7.03. The van der Waals surface area contributed by atoms with Crippen LogP contribution in [0.15, 0.2) is 18.5 Å². The molecule has 1 amide bonds. The number of hydrogen-bond acceptors (Lipinski definition) is 3. The van der Waals surface area contributed by atoms with Gasteiger partial charge < -0.3 is 5.32 Å². The van der Waals surface area contributed by atoms with E-state index in [-0.39, 0.29) is 22.5 Å². The van der Waals surface area contributed by atoms with Crippen molar-refractivity contribution in [2.24, 2.45) is 7.05 Å². The summed E-state index contributed by atoms with van der Waals surface area (Å²) in [5, 5.41) is 10.6. The van der Waals surface area contributed by atoms with E-state index in [1.54, 1.807) is 14.0 Å². The van der Waals surface area contributed by atoms with E-state index < -0.39 is 41.3 Å². The van der Waals surface area contributed by atoms with Crippen molar-refractivity contribution in [1.82, 2.24) is 19.6 Å². The van der Waals surface area contributed by atoms with Crippen molar-refractivity contribution in [3.63, 3.8) is 0 Å². The molecule has 0 radical (unpaired) electrons. The largest absolute Gasteiger partial charge is 0.318 e. The van der Waals surface area contributed by atoms with Crippen molar-refractivity contribution in [2.45, 2.75) is 13.5 Å². The molecule has 0 unspecified atom stereocenters. The lowest BCUT2D eigenvalue weighted by molar-refractivity contribution is 0.101. The molecule has 11 heteroatoms. The van der Waals surface area contributed by atoms with Gasteiger partial charge in [-0.15, -0.1) is 0 Å². The van der Waals surface area contributed by atoms with E-state index in [1.807, 2.05) is 0 Å². The number of aryl methyl sites for hydroxylation is 2. The molecular weight excluding hydrogens is 390 g/mol. The van der Waals surface area contributed by atoms with Gasteiger partial charge in [0.05, 0.1) is 29.1 Å². The van der Waals surface area contributed by atoms with E-state index in [0.717, 1.165) is 4.68 Å². The number of aromatic nitrogens is 4. The zero-order valence-corrected chi connectivity index (χ0v) is 14.8. The molecule has 142 valence electrons. The van der Waals surface area contributed by atoms with E-state index in [2.05, 4.69) is 15.5 Å². The van der Waals surface area contributed by atoms with Gasteiger partial charge in [0.1, 0.15) is 11.5 Å². The molecule has 2 heterocycles. The van der Waals surface area contributed by atoms with Crippen LogP contribution in [0.25, 0.3) is 0 Å². The minimum absolute atomic E-state index is 0.125. The lowest BCUT2D eigenvalue weighted by Crippen LogP contribution is -2.16. The Bertz CT molecular complexity index is 1050. The van der Waals surface area contributed by atoms with Crippen LogP contribution in [-0.4, -0.2) is 25.5 Å². The molecule has 3 aromatic rings. The highest BCUT2D eigenvalue weighted by atomic mass is 35.5. The molecule has 0 fully saturated rings. The molecule has 0 aliphatic heterocycles. The van der Waals surface area contributed by atoms with Crippen LogP contribution in [-0.2, 0) is 13.6 Å². The summed E-state index contributed by atoms with van der Waals surface area (Å²) < 4.78 is 56.1. The smallest absolute Gasteiger partial charge is 0.275 e. The van der Waals surface area contributed by atoms with Crippen LogP contribution < -0.4 is 5.32 Å². The lowest BCUT2D eigenvalue weighted by Gasteiger charge is -2.07. The van der Waals surface area contributed by atoms with Crippen molar-refractivity contribution in [2.75, 3.05) is 5.32 Å². The highest BCUT2D eigenvalue weighted by Gasteiger charge is 2.21. The zero-order valence-electron chi connectivity index (χ0n) is 14.0. The predicted molar refractivity (Wildman–Crippen MR) is 88.5 cm³/mol. The number of anilines is 1. The molecule has 0 bridgehead atoms. The van der Waals surface area contributed by atoms with Gasteiger partial charge in [0.15, 0.2) is 17.5 Å². The maximum atomic E-state index is 13.7. The topological polar surface area (TPSA) is 64.7 Å². The summed E-state index contributed by atoms with van der Waals surface area (Å²) in [6, 6.07) is 0.257. The van der Waals surface area contributed by atoms with E-state index >= 15 is 0 Å². The monoisotopic (exact) mass is 401 g/mol. The first kappa shape index (κ1) is 18.9. The van der Waals surface area contributed by atoms with Crippen LogP contribution in [0.4, 0.5) is 23.2 Å². The van der Waals surface area contributed by atoms with Crippen LogP contribution in [0.1, 0.15) is 21.7 Å². The molecule has 1 N–H and O–H groups in total. The molecule has 0 aliphatic rings. The van der Waals surface area contributed by atoms with Gasteiger partial charge in [0.25, 0.3) is 5.91 Å². The fourth-order valence-corrected chi connectivity index (χ4v) is 2.74. The van der Waals surface area contributed by atoms with Gasteiger partial charge in [-0.3, -0.25) is 14.2 Å². The number of benzene rings is 1. The number of amides is 1. The molecule has 6 nitrogen and oxygen atoms in total. The van der Waals surface area contributed by atoms with Crippen LogP contribution in [0.5, 0.6) is 0 Å². The maximum absolute atomic E-state index is 13.7. The summed E-state index contributed by atoms with van der Waals surface area (Å²) in [6.45, 7) is 1.14. The highest BCUT2D eigenvalue weighted by Crippen LogP contribution is 2.22. The SMILES string of the molecule is Cc1nn(C)c(C(=O)Nc2cnn(Cc3c(F)cc(F)c(F)c3F)c2)c1Cl. The normalized spacial score (nSPS) is 11.1. The van der Waals surface area contributed by atoms with Gasteiger partial charge in [0.2, 0.25) is 0 Å². The third kappa shape index (κ3) is 3.52. The van der Waals surface area contributed by atoms with Crippen LogP contribution in [0.2, 0.25) is 5.02 Å². The Hall–Kier alpha value is -2.88. The third-order valence-electron chi connectivity index (χ3n) is 3.78. The van der Waals surface area contributed by atoms with Crippen molar-refractivity contribution in [3.8, 4) is 0 Å². The molecule has 1 aromatic carbocycles. The first-order valence-electron chi connectivity index (χ1n) is 7.53. The first-order valence-corrected chi connectivity index (χ1v) is 7.91. The van der Waals surface area contributed by atoms with Gasteiger partial charge >= 0.3 is 0 Å². The Kier molecular flexibility index (Phi) is 4.92. The Morgan fingerprint density at radius 2 is 1.93 bits per heavy atom. The number of carbonyl (C=O) groups excluding carboxylic acids is 1. The molecule has 0 atom stereocenters. The molecular formula is C16H12ClF4N5O. The Balaban J connectivity index is 1.80. The van der Waals surface area contributed by atoms with Gasteiger partial charge in [-0.25, -0.2) is 17.6 Å². The van der Waals surface area contributed by atoms with Gasteiger partial charge in [-0.1, -0.05) is 11.6 Å². The second-order valence-corrected chi connectivity index (χ2v) is 6.08.